The highest BCUT2D eigenvalue weighted by Gasteiger charge is 2.30. The summed E-state index contributed by atoms with van der Waals surface area (Å²) in [5.74, 6) is -0.857. The Hall–Kier alpha value is -2.31. The number of rotatable bonds is 2. The number of anilines is 1. The zero-order valence-corrected chi connectivity index (χ0v) is 9.41. The van der Waals surface area contributed by atoms with Gasteiger partial charge in [0.15, 0.2) is 0 Å². The molecule has 2 N–H and O–H groups in total. The van der Waals surface area contributed by atoms with E-state index in [2.05, 4.69) is 9.72 Å². The molecule has 2 aromatic rings. The number of halogens is 4. The van der Waals surface area contributed by atoms with Crippen LogP contribution in [-0.4, -0.2) is 11.3 Å². The summed E-state index contributed by atoms with van der Waals surface area (Å²) in [6, 6.07) is 6.07. The monoisotopic (exact) mass is 272 g/mol. The van der Waals surface area contributed by atoms with E-state index in [1.165, 1.54) is 12.1 Å². The minimum atomic E-state index is -4.75. The molecule has 0 aliphatic rings. The van der Waals surface area contributed by atoms with Crippen LogP contribution in [0, 0.1) is 5.82 Å². The van der Waals surface area contributed by atoms with Gasteiger partial charge in [0.25, 0.3) is 0 Å². The van der Waals surface area contributed by atoms with Gasteiger partial charge in [-0.3, -0.25) is 0 Å². The van der Waals surface area contributed by atoms with E-state index >= 15 is 0 Å². The molecule has 0 atom stereocenters. The predicted molar refractivity (Wildman–Crippen MR) is 60.7 cm³/mol. The molecule has 2 rings (SSSR count). The maximum atomic E-state index is 13.0. The fraction of sp³-hybridized carbons (Fsp3) is 0.0833. The van der Waals surface area contributed by atoms with E-state index in [0.29, 0.717) is 11.1 Å². The summed E-state index contributed by atoms with van der Waals surface area (Å²) in [6.45, 7) is 0. The van der Waals surface area contributed by atoms with E-state index in [4.69, 9.17) is 5.73 Å². The summed E-state index contributed by atoms with van der Waals surface area (Å²) < 4.78 is 52.7. The average Bonchev–Trinajstić information content (AvgIpc) is 2.31. The predicted octanol–water partition coefficient (Wildman–Crippen LogP) is 3.37. The lowest BCUT2D eigenvalue weighted by Crippen LogP contribution is -2.16. The maximum absolute atomic E-state index is 13.0. The van der Waals surface area contributed by atoms with Crippen LogP contribution in [0.25, 0.3) is 11.1 Å². The van der Waals surface area contributed by atoms with Crippen LogP contribution in [0.2, 0.25) is 0 Å². The third-order valence-corrected chi connectivity index (χ3v) is 2.28. The summed E-state index contributed by atoms with van der Waals surface area (Å²) >= 11 is 0. The van der Waals surface area contributed by atoms with Crippen molar-refractivity contribution in [1.82, 2.24) is 4.98 Å². The van der Waals surface area contributed by atoms with Crippen molar-refractivity contribution < 1.29 is 22.3 Å². The van der Waals surface area contributed by atoms with Gasteiger partial charge in [0.2, 0.25) is 0 Å². The van der Waals surface area contributed by atoms with E-state index in [0.717, 1.165) is 24.4 Å². The van der Waals surface area contributed by atoms with Gasteiger partial charge in [-0.05, 0) is 23.8 Å². The number of nitrogens with zero attached hydrogens (tertiary/aromatic N) is 1. The fourth-order valence-electron chi connectivity index (χ4n) is 1.52. The molecular formula is C12H8F4N2O. The molecule has 1 aromatic carbocycles. The third-order valence-electron chi connectivity index (χ3n) is 2.28. The second-order valence-corrected chi connectivity index (χ2v) is 3.66. The van der Waals surface area contributed by atoms with Crippen molar-refractivity contribution in [2.75, 3.05) is 5.73 Å². The summed E-state index contributed by atoms with van der Waals surface area (Å²) in [7, 11) is 0. The van der Waals surface area contributed by atoms with Crippen LogP contribution in [0.5, 0.6) is 5.75 Å². The van der Waals surface area contributed by atoms with Gasteiger partial charge in [-0.25, -0.2) is 9.37 Å². The van der Waals surface area contributed by atoms with Crippen molar-refractivity contribution in [2.45, 2.75) is 6.36 Å². The topological polar surface area (TPSA) is 48.1 Å². The van der Waals surface area contributed by atoms with Crippen molar-refractivity contribution in [3.63, 3.8) is 0 Å². The van der Waals surface area contributed by atoms with Gasteiger partial charge in [-0.1, -0.05) is 12.1 Å². The van der Waals surface area contributed by atoms with Crippen molar-refractivity contribution in [1.29, 1.82) is 0 Å². The number of nitrogen functional groups attached to an aromatic ring is 1. The fourth-order valence-corrected chi connectivity index (χ4v) is 1.52. The molecule has 0 radical (unpaired) electrons. The van der Waals surface area contributed by atoms with Gasteiger partial charge in [0.05, 0.1) is 6.20 Å². The minimum absolute atomic E-state index is 0.0888. The third kappa shape index (κ3) is 3.34. The molecule has 0 bridgehead atoms. The number of ether oxygens (including phenoxy) is 1. The molecule has 0 aliphatic heterocycles. The highest BCUT2D eigenvalue weighted by molar-refractivity contribution is 5.73. The van der Waals surface area contributed by atoms with Gasteiger partial charge in [0, 0.05) is 5.56 Å². The number of pyridine rings is 1. The normalized spacial score (nSPS) is 11.4. The molecule has 3 nitrogen and oxygen atoms in total. The Labute approximate surface area is 105 Å². The van der Waals surface area contributed by atoms with Gasteiger partial charge in [0.1, 0.15) is 17.4 Å². The van der Waals surface area contributed by atoms with Gasteiger partial charge < -0.3 is 10.5 Å². The average molecular weight is 272 g/mol. The van der Waals surface area contributed by atoms with Crippen LogP contribution in [0.15, 0.2) is 36.5 Å². The van der Waals surface area contributed by atoms with Crippen LogP contribution in [0.3, 0.4) is 0 Å². The molecular weight excluding hydrogens is 264 g/mol. The molecule has 1 aromatic heterocycles. The minimum Gasteiger partial charge on any atom is -0.406 e. The van der Waals surface area contributed by atoms with E-state index in [9.17, 15) is 17.6 Å². The lowest BCUT2D eigenvalue weighted by atomic mass is 10.1. The van der Waals surface area contributed by atoms with E-state index in [-0.39, 0.29) is 11.6 Å². The standard InChI is InChI=1S/C12H8F4N2O/c13-8-5-10(11(17)18-6-8)7-1-3-9(4-2-7)19-12(14,15)16/h1-6H,(H2,17,18). The summed E-state index contributed by atoms with van der Waals surface area (Å²) in [4.78, 5) is 3.63. The molecule has 1 heterocycles. The Kier molecular flexibility index (Phi) is 3.28. The zero-order valence-electron chi connectivity index (χ0n) is 9.41. The Morgan fingerprint density at radius 3 is 2.32 bits per heavy atom. The van der Waals surface area contributed by atoms with Crippen molar-refractivity contribution >= 4 is 5.82 Å². The summed E-state index contributed by atoms with van der Waals surface area (Å²) in [5.41, 5.74) is 6.32. The SMILES string of the molecule is Nc1ncc(F)cc1-c1ccc(OC(F)(F)F)cc1. The van der Waals surface area contributed by atoms with E-state index in [1.807, 2.05) is 0 Å². The molecule has 100 valence electrons. The number of hydrogen-bond donors (Lipinski definition) is 1. The number of aromatic nitrogens is 1. The highest BCUT2D eigenvalue weighted by Crippen LogP contribution is 2.28. The lowest BCUT2D eigenvalue weighted by molar-refractivity contribution is -0.274. The second kappa shape index (κ2) is 4.75. The Morgan fingerprint density at radius 2 is 1.74 bits per heavy atom. The van der Waals surface area contributed by atoms with Crippen LogP contribution >= 0.6 is 0 Å². The number of nitrogens with two attached hydrogens (primary N) is 1. The Balaban J connectivity index is 2.30. The van der Waals surface area contributed by atoms with Crippen LogP contribution in [0.4, 0.5) is 23.4 Å². The number of hydrogen-bond acceptors (Lipinski definition) is 3. The van der Waals surface area contributed by atoms with E-state index < -0.39 is 12.2 Å². The molecule has 19 heavy (non-hydrogen) atoms. The zero-order chi connectivity index (χ0) is 14.0. The largest absolute Gasteiger partial charge is 0.573 e. The van der Waals surface area contributed by atoms with Gasteiger partial charge >= 0.3 is 6.36 Å². The Bertz CT molecular complexity index is 581. The summed E-state index contributed by atoms with van der Waals surface area (Å²) in [5, 5.41) is 0. The van der Waals surface area contributed by atoms with Crippen molar-refractivity contribution in [3.05, 3.63) is 42.3 Å². The first-order chi connectivity index (χ1) is 8.85. The van der Waals surface area contributed by atoms with Crippen LogP contribution < -0.4 is 10.5 Å². The molecule has 0 fully saturated rings. The van der Waals surface area contributed by atoms with Crippen LogP contribution in [0.1, 0.15) is 0 Å². The van der Waals surface area contributed by atoms with Crippen molar-refractivity contribution in [3.8, 4) is 16.9 Å². The molecule has 0 amide bonds. The smallest absolute Gasteiger partial charge is 0.406 e. The lowest BCUT2D eigenvalue weighted by Gasteiger charge is -2.10. The molecule has 7 heteroatoms. The molecule has 0 aliphatic carbocycles. The second-order valence-electron chi connectivity index (χ2n) is 3.66. The Morgan fingerprint density at radius 1 is 1.11 bits per heavy atom. The first-order valence-corrected chi connectivity index (χ1v) is 5.12. The summed E-state index contributed by atoms with van der Waals surface area (Å²) in [6.07, 6.45) is -3.79. The van der Waals surface area contributed by atoms with Crippen LogP contribution in [-0.2, 0) is 0 Å². The van der Waals surface area contributed by atoms with Crippen molar-refractivity contribution in [2.24, 2.45) is 0 Å². The van der Waals surface area contributed by atoms with Gasteiger partial charge in [-0.2, -0.15) is 0 Å². The molecule has 0 saturated heterocycles. The number of benzene rings is 1. The van der Waals surface area contributed by atoms with Gasteiger partial charge in [-0.15, -0.1) is 13.2 Å². The molecule has 0 unspecified atom stereocenters. The first-order valence-electron chi connectivity index (χ1n) is 5.12. The first kappa shape index (κ1) is 13.1. The quantitative estimate of drug-likeness (QED) is 0.853. The van der Waals surface area contributed by atoms with E-state index in [1.54, 1.807) is 0 Å². The number of alkyl halides is 3. The highest BCUT2D eigenvalue weighted by atomic mass is 19.4. The maximum Gasteiger partial charge on any atom is 0.573 e. The molecule has 0 spiro atoms. The molecule has 0 saturated carbocycles.